The first-order chi connectivity index (χ1) is 27.7. The van der Waals surface area contributed by atoms with Crippen LogP contribution >= 0.6 is 0 Å². The molecule has 0 fully saturated rings. The molecule has 2 aromatic carbocycles. The van der Waals surface area contributed by atoms with Gasteiger partial charge in [-0.1, -0.05) is 103 Å². The second-order valence-corrected chi connectivity index (χ2v) is 18.7. The second kappa shape index (κ2) is 28.1. The van der Waals surface area contributed by atoms with E-state index in [9.17, 15) is 26.4 Å². The lowest BCUT2D eigenvalue weighted by Gasteiger charge is -2.23. The maximum Gasteiger partial charge on any atom is 0.331 e. The summed E-state index contributed by atoms with van der Waals surface area (Å²) in [7, 11) is -6.92. The summed E-state index contributed by atoms with van der Waals surface area (Å²) in [5, 5.41) is 0. The number of nitrogens with one attached hydrogen (secondary N) is 2. The summed E-state index contributed by atoms with van der Waals surface area (Å²) in [6.45, 7) is 14.3. The van der Waals surface area contributed by atoms with Crippen LogP contribution in [-0.4, -0.2) is 90.4 Å². The van der Waals surface area contributed by atoms with E-state index in [1.54, 1.807) is 48.5 Å². The Hall–Kier alpha value is -3.46. The molecule has 328 valence electrons. The number of ether oxygens (including phenoxy) is 2. The van der Waals surface area contributed by atoms with Crippen LogP contribution in [0.1, 0.15) is 141 Å². The molecule has 0 saturated heterocycles. The van der Waals surface area contributed by atoms with E-state index in [1.807, 2.05) is 0 Å². The minimum Gasteiger partial charge on any atom is -0.454 e. The summed E-state index contributed by atoms with van der Waals surface area (Å²) in [6, 6.07) is 13.5. The van der Waals surface area contributed by atoms with Crippen molar-refractivity contribution in [3.05, 3.63) is 71.8 Å². The van der Waals surface area contributed by atoms with Gasteiger partial charge in [-0.3, -0.25) is 9.44 Å². The maximum absolute atomic E-state index is 13.2. The van der Waals surface area contributed by atoms with Gasteiger partial charge in [0.1, 0.15) is 12.2 Å². The van der Waals surface area contributed by atoms with Crippen LogP contribution in [0.25, 0.3) is 0 Å². The summed E-state index contributed by atoms with van der Waals surface area (Å²) < 4.78 is 63.8. The van der Waals surface area contributed by atoms with E-state index in [-0.39, 0.29) is 0 Å². The van der Waals surface area contributed by atoms with Crippen molar-refractivity contribution in [1.29, 1.82) is 0 Å². The molecule has 0 saturated carbocycles. The van der Waals surface area contributed by atoms with E-state index in [0.717, 1.165) is 89.6 Å². The smallest absolute Gasteiger partial charge is 0.331 e. The number of rotatable bonds is 32. The van der Waals surface area contributed by atoms with Crippen LogP contribution in [0.4, 0.5) is 11.4 Å². The van der Waals surface area contributed by atoms with E-state index in [2.05, 4.69) is 46.9 Å². The van der Waals surface area contributed by atoms with E-state index < -0.39 is 44.2 Å². The minimum absolute atomic E-state index is 0.403. The van der Waals surface area contributed by atoms with Crippen molar-refractivity contribution < 1.29 is 35.9 Å². The van der Waals surface area contributed by atoms with Gasteiger partial charge in [-0.25, -0.2) is 26.4 Å². The van der Waals surface area contributed by atoms with Crippen LogP contribution in [0.3, 0.4) is 0 Å². The number of hydrogen-bond donors (Lipinski definition) is 2. The molecule has 0 aliphatic rings. The number of unbranched alkanes of at least 4 members (excludes halogenated alkanes) is 8. The SMILES string of the molecule is CCCCCCCN(CC)CCCC(OC(=O)/C=C/C(=O)OC(CCCN(CC)CCCCCCC)c1ccc(NS(C)(=O)=O)cc1)c1ccc(NS(C)(=O)=O)cc1. The molecule has 2 aromatic rings. The molecule has 0 aliphatic heterocycles. The standard InChI is InChI=1S/C44H72N4O8S2/c1-7-11-13-15-17-33-47(9-3)35-19-21-41(37-23-27-39(28-24-37)45-57(5,51)52)55-43(49)31-32-44(50)56-42(38-25-29-40(30-26-38)46-58(6,53)54)22-20-36-48(10-4)34-18-16-14-12-8-2/h23-32,41-42,45-46H,7-22,33-36H2,1-6H3/b32-31+. The lowest BCUT2D eigenvalue weighted by atomic mass is 10.0. The molecule has 0 aromatic heterocycles. The molecule has 0 heterocycles. The predicted octanol–water partition coefficient (Wildman–Crippen LogP) is 9.00. The zero-order valence-electron chi connectivity index (χ0n) is 36.0. The van der Waals surface area contributed by atoms with Crippen molar-refractivity contribution in [2.75, 3.05) is 61.2 Å². The molecule has 2 rings (SSSR count). The van der Waals surface area contributed by atoms with Gasteiger partial charge in [0.25, 0.3) is 0 Å². The zero-order chi connectivity index (χ0) is 42.8. The highest BCUT2D eigenvalue weighted by atomic mass is 32.2. The molecule has 2 atom stereocenters. The Morgan fingerprint density at radius 2 is 0.862 bits per heavy atom. The number of carbonyl (C=O) groups is 2. The monoisotopic (exact) mass is 848 g/mol. The average Bonchev–Trinajstić information content (AvgIpc) is 3.17. The lowest BCUT2D eigenvalue weighted by molar-refractivity contribution is -0.146. The molecular formula is C44H72N4O8S2. The zero-order valence-corrected chi connectivity index (χ0v) is 37.7. The van der Waals surface area contributed by atoms with Gasteiger partial charge in [0.05, 0.1) is 12.5 Å². The van der Waals surface area contributed by atoms with Crippen molar-refractivity contribution in [3.8, 4) is 0 Å². The normalized spacial score (nSPS) is 13.2. The van der Waals surface area contributed by atoms with Crippen LogP contribution in [0, 0.1) is 0 Å². The molecule has 2 N–H and O–H groups in total. The van der Waals surface area contributed by atoms with Gasteiger partial charge in [-0.05, 0) is 113 Å². The molecule has 14 heteroatoms. The van der Waals surface area contributed by atoms with Crippen molar-refractivity contribution in [2.24, 2.45) is 0 Å². The third kappa shape index (κ3) is 23.2. The Balaban J connectivity index is 2.15. The van der Waals surface area contributed by atoms with Crippen molar-refractivity contribution in [3.63, 3.8) is 0 Å². The molecule has 0 radical (unpaired) electrons. The van der Waals surface area contributed by atoms with Crippen molar-refractivity contribution in [1.82, 2.24) is 9.80 Å². The topological polar surface area (TPSA) is 151 Å². The molecular weight excluding hydrogens is 777 g/mol. The van der Waals surface area contributed by atoms with Gasteiger partial charge in [-0.15, -0.1) is 0 Å². The fourth-order valence-electron chi connectivity index (χ4n) is 6.78. The van der Waals surface area contributed by atoms with Gasteiger partial charge in [0.2, 0.25) is 20.0 Å². The van der Waals surface area contributed by atoms with Crippen LogP contribution in [-0.2, 0) is 39.1 Å². The molecule has 2 unspecified atom stereocenters. The van der Waals surface area contributed by atoms with Gasteiger partial charge < -0.3 is 19.3 Å². The molecule has 58 heavy (non-hydrogen) atoms. The highest BCUT2D eigenvalue weighted by Crippen LogP contribution is 2.27. The van der Waals surface area contributed by atoms with Gasteiger partial charge in [0.15, 0.2) is 0 Å². The Kier molecular flexibility index (Phi) is 24.5. The predicted molar refractivity (Wildman–Crippen MR) is 237 cm³/mol. The van der Waals surface area contributed by atoms with Gasteiger partial charge in [-0.2, -0.15) is 0 Å². The number of anilines is 2. The average molecular weight is 849 g/mol. The number of esters is 2. The molecule has 0 bridgehead atoms. The molecule has 0 spiro atoms. The Morgan fingerprint density at radius 1 is 0.534 bits per heavy atom. The van der Waals surface area contributed by atoms with Crippen LogP contribution in [0.15, 0.2) is 60.7 Å². The number of nitrogens with zero attached hydrogens (tertiary/aromatic N) is 2. The Labute approximate surface area is 350 Å². The number of sulfonamides is 2. The largest absolute Gasteiger partial charge is 0.454 e. The second-order valence-electron chi connectivity index (χ2n) is 15.2. The van der Waals surface area contributed by atoms with Gasteiger partial charge >= 0.3 is 11.9 Å². The van der Waals surface area contributed by atoms with Crippen molar-refractivity contribution >= 4 is 43.4 Å². The molecule has 0 aliphatic carbocycles. The van der Waals surface area contributed by atoms with E-state index in [1.165, 1.54) is 51.4 Å². The van der Waals surface area contributed by atoms with Crippen LogP contribution in [0.2, 0.25) is 0 Å². The summed E-state index contributed by atoms with van der Waals surface area (Å²) in [6.07, 6.45) is 17.8. The summed E-state index contributed by atoms with van der Waals surface area (Å²) in [4.78, 5) is 31.2. The summed E-state index contributed by atoms with van der Waals surface area (Å²) >= 11 is 0. The van der Waals surface area contributed by atoms with E-state index in [0.29, 0.717) is 35.3 Å². The third-order valence-electron chi connectivity index (χ3n) is 9.98. The Bertz CT molecular complexity index is 1580. The fourth-order valence-corrected chi connectivity index (χ4v) is 7.91. The van der Waals surface area contributed by atoms with Gasteiger partial charge in [0, 0.05) is 23.5 Å². The first kappa shape index (κ1) is 50.7. The first-order valence-electron chi connectivity index (χ1n) is 21.4. The fraction of sp³-hybridized carbons (Fsp3) is 0.636. The molecule has 0 amide bonds. The Morgan fingerprint density at radius 3 is 1.17 bits per heavy atom. The quantitative estimate of drug-likeness (QED) is 0.0415. The summed E-state index contributed by atoms with van der Waals surface area (Å²) in [5.74, 6) is -1.40. The van der Waals surface area contributed by atoms with E-state index >= 15 is 0 Å². The number of hydrogen-bond acceptors (Lipinski definition) is 10. The highest BCUT2D eigenvalue weighted by Gasteiger charge is 2.20. The highest BCUT2D eigenvalue weighted by molar-refractivity contribution is 7.92. The van der Waals surface area contributed by atoms with E-state index in [4.69, 9.17) is 9.47 Å². The first-order valence-corrected chi connectivity index (χ1v) is 25.1. The maximum atomic E-state index is 13.2. The summed E-state index contributed by atoms with van der Waals surface area (Å²) in [5.41, 5.74) is 2.23. The molecule has 12 nitrogen and oxygen atoms in total. The van der Waals surface area contributed by atoms with Crippen LogP contribution in [0.5, 0.6) is 0 Å². The number of benzene rings is 2. The van der Waals surface area contributed by atoms with Crippen molar-refractivity contribution in [2.45, 2.75) is 130 Å². The minimum atomic E-state index is -3.46. The third-order valence-corrected chi connectivity index (χ3v) is 11.2. The van der Waals surface area contributed by atoms with Crippen LogP contribution < -0.4 is 9.44 Å². The lowest BCUT2D eigenvalue weighted by Crippen LogP contribution is -2.26. The number of carbonyl (C=O) groups excluding carboxylic acids is 2.